The third-order valence-electron chi connectivity index (χ3n) is 4.49. The second-order valence-electron chi connectivity index (χ2n) is 6.69. The predicted molar refractivity (Wildman–Crippen MR) is 98.4 cm³/mol. The average Bonchev–Trinajstić information content (AvgIpc) is 2.66. The summed E-state index contributed by atoms with van der Waals surface area (Å²) in [6.07, 6.45) is -2.20. The number of amides is 2. The monoisotopic (exact) mass is 412 g/mol. The van der Waals surface area contributed by atoms with Gasteiger partial charge in [-0.25, -0.2) is 9.18 Å². The van der Waals surface area contributed by atoms with Crippen molar-refractivity contribution in [2.75, 3.05) is 5.32 Å². The highest BCUT2D eigenvalue weighted by atomic mass is 19.4. The number of halogens is 4. The maximum Gasteiger partial charge on any atom is 0.573 e. The van der Waals surface area contributed by atoms with Crippen LogP contribution in [-0.4, -0.2) is 24.5 Å². The van der Waals surface area contributed by atoms with Crippen LogP contribution in [0.2, 0.25) is 0 Å². The summed E-state index contributed by atoms with van der Waals surface area (Å²) in [5, 5.41) is 5.15. The molecule has 2 aromatic rings. The van der Waals surface area contributed by atoms with Gasteiger partial charge in [-0.2, -0.15) is 0 Å². The zero-order chi connectivity index (χ0) is 20.9. The molecule has 156 valence electrons. The Labute approximate surface area is 165 Å². The largest absolute Gasteiger partial charge is 0.573 e. The van der Waals surface area contributed by atoms with Crippen LogP contribution in [0.15, 0.2) is 48.5 Å². The minimum Gasteiger partial charge on any atom is -0.490 e. The zero-order valence-electron chi connectivity index (χ0n) is 15.3. The van der Waals surface area contributed by atoms with Crippen LogP contribution < -0.4 is 20.1 Å². The third kappa shape index (κ3) is 6.55. The first-order valence-corrected chi connectivity index (χ1v) is 9.13. The third-order valence-corrected chi connectivity index (χ3v) is 4.49. The maximum atomic E-state index is 12.9. The molecule has 5 nitrogen and oxygen atoms in total. The van der Waals surface area contributed by atoms with Crippen LogP contribution in [0.4, 0.5) is 28.0 Å². The Morgan fingerprint density at radius 3 is 2.28 bits per heavy atom. The van der Waals surface area contributed by atoms with Crippen LogP contribution >= 0.6 is 0 Å². The zero-order valence-corrected chi connectivity index (χ0v) is 15.3. The van der Waals surface area contributed by atoms with Crippen molar-refractivity contribution in [3.63, 3.8) is 0 Å². The normalized spacial score (nSPS) is 19.3. The topological polar surface area (TPSA) is 59.6 Å². The SMILES string of the molecule is O=C(Nc1ccccc1OC(F)(F)F)NC1CCC(Oc2ccc(F)cc2)CC1. The minimum absolute atomic E-state index is 0.0394. The van der Waals surface area contributed by atoms with E-state index in [1.165, 1.54) is 30.3 Å². The van der Waals surface area contributed by atoms with Gasteiger partial charge in [0.25, 0.3) is 0 Å². The molecule has 0 bridgehead atoms. The summed E-state index contributed by atoms with van der Waals surface area (Å²) in [6, 6.07) is 10.4. The first kappa shape index (κ1) is 20.8. The number of urea groups is 1. The molecule has 2 N–H and O–H groups in total. The summed E-state index contributed by atoms with van der Waals surface area (Å²) in [5.74, 6) is -0.230. The van der Waals surface area contributed by atoms with E-state index in [0.717, 1.165) is 6.07 Å². The van der Waals surface area contributed by atoms with Gasteiger partial charge >= 0.3 is 12.4 Å². The van der Waals surface area contributed by atoms with Crippen LogP contribution in [0.5, 0.6) is 11.5 Å². The molecule has 2 aromatic carbocycles. The van der Waals surface area contributed by atoms with Gasteiger partial charge in [0.1, 0.15) is 11.6 Å². The van der Waals surface area contributed by atoms with Gasteiger partial charge in [-0.05, 0) is 62.1 Å². The molecule has 3 rings (SSSR count). The van der Waals surface area contributed by atoms with E-state index in [0.29, 0.717) is 31.4 Å². The van der Waals surface area contributed by atoms with Crippen molar-refractivity contribution in [1.82, 2.24) is 5.32 Å². The van der Waals surface area contributed by atoms with Crippen molar-refractivity contribution in [3.05, 3.63) is 54.3 Å². The second kappa shape index (κ2) is 9.02. The van der Waals surface area contributed by atoms with Crippen molar-refractivity contribution in [3.8, 4) is 11.5 Å². The van der Waals surface area contributed by atoms with E-state index in [2.05, 4.69) is 15.4 Å². The van der Waals surface area contributed by atoms with Gasteiger partial charge in [-0.3, -0.25) is 0 Å². The van der Waals surface area contributed by atoms with Crippen molar-refractivity contribution in [2.24, 2.45) is 0 Å². The quantitative estimate of drug-likeness (QED) is 0.661. The second-order valence-corrected chi connectivity index (χ2v) is 6.69. The Kier molecular flexibility index (Phi) is 6.46. The number of ether oxygens (including phenoxy) is 2. The van der Waals surface area contributed by atoms with Gasteiger partial charge in [0.2, 0.25) is 0 Å². The number of nitrogens with one attached hydrogen (secondary N) is 2. The lowest BCUT2D eigenvalue weighted by Gasteiger charge is -2.29. The standard InChI is InChI=1S/C20H20F4N2O3/c21-13-5-9-15(10-6-13)28-16-11-7-14(8-12-16)25-19(27)26-17-3-1-2-4-18(17)29-20(22,23)24/h1-6,9-10,14,16H,7-8,11-12H2,(H2,25,26,27). The summed E-state index contributed by atoms with van der Waals surface area (Å²) < 4.78 is 60.0. The fourth-order valence-electron chi connectivity index (χ4n) is 3.16. The van der Waals surface area contributed by atoms with Crippen LogP contribution in [0, 0.1) is 5.82 Å². The number of rotatable bonds is 5. The van der Waals surface area contributed by atoms with Crippen molar-refractivity contribution >= 4 is 11.7 Å². The van der Waals surface area contributed by atoms with Gasteiger partial charge in [-0.15, -0.1) is 13.2 Å². The Hall–Kier alpha value is -2.97. The Morgan fingerprint density at radius 1 is 0.966 bits per heavy atom. The van der Waals surface area contributed by atoms with Gasteiger partial charge in [-0.1, -0.05) is 12.1 Å². The molecule has 29 heavy (non-hydrogen) atoms. The molecule has 9 heteroatoms. The summed E-state index contributed by atoms with van der Waals surface area (Å²) >= 11 is 0. The van der Waals surface area contributed by atoms with E-state index in [-0.39, 0.29) is 23.7 Å². The molecule has 0 radical (unpaired) electrons. The molecule has 1 aliphatic carbocycles. The Morgan fingerprint density at radius 2 is 1.62 bits per heavy atom. The maximum absolute atomic E-state index is 12.9. The van der Waals surface area contributed by atoms with Gasteiger partial charge < -0.3 is 20.1 Å². The lowest BCUT2D eigenvalue weighted by molar-refractivity contribution is -0.274. The number of benzene rings is 2. The number of alkyl halides is 3. The van der Waals surface area contributed by atoms with Crippen LogP contribution in [0.3, 0.4) is 0 Å². The molecule has 1 saturated carbocycles. The van der Waals surface area contributed by atoms with E-state index in [1.54, 1.807) is 12.1 Å². The molecule has 0 aromatic heterocycles. The molecule has 0 aliphatic heterocycles. The van der Waals surface area contributed by atoms with E-state index in [9.17, 15) is 22.4 Å². The number of hydrogen-bond donors (Lipinski definition) is 2. The fourth-order valence-corrected chi connectivity index (χ4v) is 3.16. The lowest BCUT2D eigenvalue weighted by Crippen LogP contribution is -2.41. The summed E-state index contributed by atoms with van der Waals surface area (Å²) in [6.45, 7) is 0. The fraction of sp³-hybridized carbons (Fsp3) is 0.350. The first-order chi connectivity index (χ1) is 13.8. The average molecular weight is 412 g/mol. The Balaban J connectivity index is 1.47. The molecule has 0 unspecified atom stereocenters. The number of para-hydroxylation sites is 2. The first-order valence-electron chi connectivity index (χ1n) is 9.13. The number of carbonyl (C=O) groups excluding carboxylic acids is 1. The Bertz CT molecular complexity index is 819. The molecule has 1 aliphatic rings. The molecule has 1 fully saturated rings. The molecular formula is C20H20F4N2O3. The van der Waals surface area contributed by atoms with Gasteiger partial charge in [0.15, 0.2) is 5.75 Å². The summed E-state index contributed by atoms with van der Waals surface area (Å²) in [4.78, 5) is 12.2. The van der Waals surface area contributed by atoms with E-state index in [1.807, 2.05) is 0 Å². The molecule has 2 amide bonds. The van der Waals surface area contributed by atoms with Gasteiger partial charge in [0.05, 0.1) is 11.8 Å². The smallest absolute Gasteiger partial charge is 0.490 e. The summed E-state index contributed by atoms with van der Waals surface area (Å²) in [7, 11) is 0. The van der Waals surface area contributed by atoms with Crippen LogP contribution in [0.25, 0.3) is 0 Å². The minimum atomic E-state index is -4.85. The highest BCUT2D eigenvalue weighted by molar-refractivity contribution is 5.91. The van der Waals surface area contributed by atoms with Crippen molar-refractivity contribution in [2.45, 2.75) is 44.2 Å². The van der Waals surface area contributed by atoms with E-state index < -0.39 is 18.1 Å². The van der Waals surface area contributed by atoms with Crippen LogP contribution in [-0.2, 0) is 0 Å². The summed E-state index contributed by atoms with van der Waals surface area (Å²) in [5.41, 5.74) is -0.0735. The predicted octanol–water partition coefficient (Wildman–Crippen LogP) is 5.24. The lowest BCUT2D eigenvalue weighted by atomic mass is 9.93. The number of carbonyl (C=O) groups is 1. The van der Waals surface area contributed by atoms with E-state index in [4.69, 9.17) is 4.74 Å². The number of hydrogen-bond acceptors (Lipinski definition) is 3. The van der Waals surface area contributed by atoms with E-state index >= 15 is 0 Å². The number of anilines is 1. The molecule has 0 atom stereocenters. The highest BCUT2D eigenvalue weighted by Crippen LogP contribution is 2.30. The molecule has 0 spiro atoms. The van der Waals surface area contributed by atoms with Crippen molar-refractivity contribution in [1.29, 1.82) is 0 Å². The van der Waals surface area contributed by atoms with Gasteiger partial charge in [0, 0.05) is 6.04 Å². The molecule has 0 heterocycles. The van der Waals surface area contributed by atoms with Crippen molar-refractivity contribution < 1.29 is 31.8 Å². The van der Waals surface area contributed by atoms with Crippen LogP contribution in [0.1, 0.15) is 25.7 Å². The molecular weight excluding hydrogens is 392 g/mol. The highest BCUT2D eigenvalue weighted by Gasteiger charge is 2.32. The molecule has 0 saturated heterocycles.